The lowest BCUT2D eigenvalue weighted by molar-refractivity contribution is -0.117. The molecule has 1 amide bonds. The summed E-state index contributed by atoms with van der Waals surface area (Å²) in [5.41, 5.74) is 1.54. The average molecular weight is 390 g/mol. The molecule has 2 heterocycles. The Balaban J connectivity index is 1.68. The summed E-state index contributed by atoms with van der Waals surface area (Å²) >= 11 is 0. The van der Waals surface area contributed by atoms with Crippen molar-refractivity contribution in [3.8, 4) is 0 Å². The van der Waals surface area contributed by atoms with Gasteiger partial charge < -0.3 is 10.2 Å². The molecule has 0 saturated carbocycles. The van der Waals surface area contributed by atoms with Crippen LogP contribution in [0.3, 0.4) is 0 Å². The Hall–Kier alpha value is -3.15. The van der Waals surface area contributed by atoms with Gasteiger partial charge in [0, 0.05) is 24.2 Å². The summed E-state index contributed by atoms with van der Waals surface area (Å²) in [5, 5.41) is 8.93. The highest BCUT2D eigenvalue weighted by Gasteiger charge is 2.22. The first-order valence-electron chi connectivity index (χ1n) is 10.1. The number of aromatic nitrogens is 2. The van der Waals surface area contributed by atoms with Crippen LogP contribution in [0, 0.1) is 12.8 Å². The van der Waals surface area contributed by atoms with Crippen LogP contribution in [0.4, 0.5) is 11.5 Å². The summed E-state index contributed by atoms with van der Waals surface area (Å²) in [6.07, 6.45) is 2.30. The number of nitrogens with zero attached hydrogens (tertiary/aromatic N) is 3. The SMILES string of the molecule is Cc1cccc(NC(=O)Cn2nc(N3CCCC(C)C3)c3ccccc3c2=O)c1. The minimum Gasteiger partial charge on any atom is -0.354 e. The van der Waals surface area contributed by atoms with Crippen molar-refractivity contribution in [2.75, 3.05) is 23.3 Å². The molecular formula is C23H26N4O2. The number of hydrogen-bond donors (Lipinski definition) is 1. The van der Waals surface area contributed by atoms with Gasteiger partial charge in [0.25, 0.3) is 5.56 Å². The second-order valence-electron chi connectivity index (χ2n) is 7.94. The Morgan fingerprint density at radius 1 is 1.17 bits per heavy atom. The molecule has 150 valence electrons. The fourth-order valence-corrected chi connectivity index (χ4v) is 4.00. The van der Waals surface area contributed by atoms with Crippen LogP contribution in [0.25, 0.3) is 10.8 Å². The van der Waals surface area contributed by atoms with Gasteiger partial charge in [-0.3, -0.25) is 9.59 Å². The number of aryl methyl sites for hydroxylation is 1. The Labute approximate surface area is 170 Å². The largest absolute Gasteiger partial charge is 0.354 e. The number of fused-ring (bicyclic) bond motifs is 1. The molecule has 1 aliphatic heterocycles. The van der Waals surface area contributed by atoms with E-state index >= 15 is 0 Å². The number of carbonyl (C=O) groups excluding carboxylic acids is 1. The summed E-state index contributed by atoms with van der Waals surface area (Å²) in [4.78, 5) is 27.8. The molecule has 1 atom stereocenters. The number of nitrogens with one attached hydrogen (secondary N) is 1. The standard InChI is InChI=1S/C23H26N4O2/c1-16-7-5-9-18(13-16)24-21(28)15-27-23(29)20-11-4-3-10-19(20)22(25-27)26-12-6-8-17(2)14-26/h3-5,7,9-11,13,17H,6,8,12,14-15H2,1-2H3,(H,24,28). The molecule has 1 saturated heterocycles. The van der Waals surface area contributed by atoms with Gasteiger partial charge in [0.2, 0.25) is 5.91 Å². The molecule has 1 unspecified atom stereocenters. The lowest BCUT2D eigenvalue weighted by Gasteiger charge is -2.32. The van der Waals surface area contributed by atoms with Gasteiger partial charge in [-0.2, -0.15) is 5.10 Å². The highest BCUT2D eigenvalue weighted by Crippen LogP contribution is 2.26. The fourth-order valence-electron chi connectivity index (χ4n) is 4.00. The minimum absolute atomic E-state index is 0.117. The van der Waals surface area contributed by atoms with Crippen LogP contribution in [-0.2, 0) is 11.3 Å². The second kappa shape index (κ2) is 8.07. The van der Waals surface area contributed by atoms with Crippen LogP contribution in [0.2, 0.25) is 0 Å². The van der Waals surface area contributed by atoms with E-state index in [0.717, 1.165) is 36.3 Å². The van der Waals surface area contributed by atoms with Crippen molar-refractivity contribution >= 4 is 28.2 Å². The van der Waals surface area contributed by atoms with Crippen molar-refractivity contribution in [3.63, 3.8) is 0 Å². The van der Waals surface area contributed by atoms with E-state index in [2.05, 4.69) is 22.2 Å². The van der Waals surface area contributed by atoms with Crippen LogP contribution in [-0.4, -0.2) is 28.8 Å². The Bertz CT molecular complexity index is 1110. The maximum Gasteiger partial charge on any atom is 0.275 e. The van der Waals surface area contributed by atoms with Gasteiger partial charge in [0.15, 0.2) is 5.82 Å². The molecule has 4 rings (SSSR count). The third kappa shape index (κ3) is 4.16. The lowest BCUT2D eigenvalue weighted by atomic mass is 10.00. The van der Waals surface area contributed by atoms with Crippen molar-refractivity contribution in [2.24, 2.45) is 5.92 Å². The maximum absolute atomic E-state index is 13.0. The Morgan fingerprint density at radius 2 is 1.97 bits per heavy atom. The number of piperidine rings is 1. The molecule has 1 fully saturated rings. The molecule has 1 aliphatic rings. The van der Waals surface area contributed by atoms with E-state index in [-0.39, 0.29) is 18.0 Å². The molecule has 6 heteroatoms. The van der Waals surface area contributed by atoms with Crippen molar-refractivity contribution < 1.29 is 4.79 Å². The third-order valence-electron chi connectivity index (χ3n) is 5.40. The molecule has 1 aromatic heterocycles. The van der Waals surface area contributed by atoms with Gasteiger partial charge in [0.05, 0.1) is 5.39 Å². The molecular weight excluding hydrogens is 364 g/mol. The molecule has 2 aromatic carbocycles. The first kappa shape index (κ1) is 19.2. The van der Waals surface area contributed by atoms with Crippen molar-refractivity contribution in [1.82, 2.24) is 9.78 Å². The zero-order valence-corrected chi connectivity index (χ0v) is 16.9. The van der Waals surface area contributed by atoms with Crippen LogP contribution in [0.15, 0.2) is 53.3 Å². The zero-order valence-electron chi connectivity index (χ0n) is 16.9. The second-order valence-corrected chi connectivity index (χ2v) is 7.94. The van der Waals surface area contributed by atoms with Crippen LogP contribution in [0.1, 0.15) is 25.3 Å². The van der Waals surface area contributed by atoms with Gasteiger partial charge >= 0.3 is 0 Å². The van der Waals surface area contributed by atoms with E-state index in [1.54, 1.807) is 0 Å². The minimum atomic E-state index is -0.265. The molecule has 6 nitrogen and oxygen atoms in total. The molecule has 0 bridgehead atoms. The Morgan fingerprint density at radius 3 is 2.72 bits per heavy atom. The third-order valence-corrected chi connectivity index (χ3v) is 5.40. The fraction of sp³-hybridized carbons (Fsp3) is 0.348. The number of anilines is 2. The highest BCUT2D eigenvalue weighted by molar-refractivity contribution is 5.93. The van der Waals surface area contributed by atoms with E-state index in [4.69, 9.17) is 0 Å². The Kier molecular flexibility index (Phi) is 5.34. The summed E-state index contributed by atoms with van der Waals surface area (Å²) < 4.78 is 1.29. The van der Waals surface area contributed by atoms with Crippen molar-refractivity contribution in [1.29, 1.82) is 0 Å². The van der Waals surface area contributed by atoms with Gasteiger partial charge in [-0.05, 0) is 49.4 Å². The molecule has 3 aromatic rings. The molecule has 0 aliphatic carbocycles. The number of amides is 1. The topological polar surface area (TPSA) is 67.2 Å². The van der Waals surface area contributed by atoms with Crippen molar-refractivity contribution in [2.45, 2.75) is 33.2 Å². The normalized spacial score (nSPS) is 16.8. The predicted octanol–water partition coefficient (Wildman–Crippen LogP) is 3.58. The molecule has 0 radical (unpaired) electrons. The van der Waals surface area contributed by atoms with Crippen LogP contribution < -0.4 is 15.8 Å². The smallest absolute Gasteiger partial charge is 0.275 e. The monoisotopic (exact) mass is 390 g/mol. The van der Waals surface area contributed by atoms with Gasteiger partial charge in [-0.1, -0.05) is 37.3 Å². The van der Waals surface area contributed by atoms with Crippen LogP contribution >= 0.6 is 0 Å². The maximum atomic E-state index is 13.0. The number of carbonyl (C=O) groups is 1. The highest BCUT2D eigenvalue weighted by atomic mass is 16.2. The van der Waals surface area contributed by atoms with Crippen LogP contribution in [0.5, 0.6) is 0 Å². The number of hydrogen-bond acceptors (Lipinski definition) is 4. The van der Waals surface area contributed by atoms with Gasteiger partial charge in [-0.15, -0.1) is 0 Å². The van der Waals surface area contributed by atoms with Gasteiger partial charge in [-0.25, -0.2) is 4.68 Å². The summed E-state index contributed by atoms with van der Waals surface area (Å²) in [6.45, 7) is 5.91. The van der Waals surface area contributed by atoms with E-state index in [9.17, 15) is 9.59 Å². The summed E-state index contributed by atoms with van der Waals surface area (Å²) in [6, 6.07) is 15.1. The van der Waals surface area contributed by atoms with E-state index in [0.29, 0.717) is 17.0 Å². The summed E-state index contributed by atoms with van der Waals surface area (Å²) in [7, 11) is 0. The average Bonchev–Trinajstić information content (AvgIpc) is 2.70. The quantitative estimate of drug-likeness (QED) is 0.739. The first-order chi connectivity index (χ1) is 14.0. The predicted molar refractivity (Wildman–Crippen MR) is 116 cm³/mol. The van der Waals surface area contributed by atoms with E-state index in [1.807, 2.05) is 55.5 Å². The van der Waals surface area contributed by atoms with Gasteiger partial charge in [0.1, 0.15) is 6.54 Å². The first-order valence-corrected chi connectivity index (χ1v) is 10.1. The lowest BCUT2D eigenvalue weighted by Crippen LogP contribution is -2.38. The number of benzene rings is 2. The van der Waals surface area contributed by atoms with E-state index in [1.165, 1.54) is 11.1 Å². The van der Waals surface area contributed by atoms with E-state index < -0.39 is 0 Å². The van der Waals surface area contributed by atoms with Crippen molar-refractivity contribution in [3.05, 3.63) is 64.4 Å². The summed E-state index contributed by atoms with van der Waals surface area (Å²) in [5.74, 6) is 1.10. The molecule has 1 N–H and O–H groups in total. The molecule has 0 spiro atoms. The zero-order chi connectivity index (χ0) is 20.4. The molecule has 29 heavy (non-hydrogen) atoms. The number of rotatable bonds is 4.